The summed E-state index contributed by atoms with van der Waals surface area (Å²) >= 11 is 7.55. The molecule has 0 radical (unpaired) electrons. The molecule has 0 unspecified atom stereocenters. The molecular weight excluding hydrogens is 295 g/mol. The molecule has 1 nitrogen and oxygen atoms in total. The van der Waals surface area contributed by atoms with Crippen LogP contribution in [0.15, 0.2) is 24.3 Å². The van der Waals surface area contributed by atoms with E-state index in [1.165, 1.54) is 59.2 Å². The van der Waals surface area contributed by atoms with Crippen molar-refractivity contribution in [2.45, 2.75) is 32.1 Å². The average Bonchev–Trinajstić information content (AvgIpc) is 2.72. The molecule has 0 saturated heterocycles. The average molecular weight is 309 g/mol. The number of benzene rings is 1. The number of carbonyl (C=O) groups excluding carboxylic acids is 1. The van der Waals surface area contributed by atoms with E-state index in [1.807, 2.05) is 6.07 Å². The van der Waals surface area contributed by atoms with E-state index in [1.54, 1.807) is 0 Å². The van der Waals surface area contributed by atoms with Gasteiger partial charge in [-0.1, -0.05) is 18.0 Å². The molecule has 1 aromatic heterocycles. The molecule has 0 N–H and O–H groups in total. The highest BCUT2D eigenvalue weighted by molar-refractivity contribution is 7.14. The number of hydrogen-bond acceptors (Lipinski definition) is 2. The molecule has 4 heteroatoms. The molecule has 2 aromatic rings. The maximum absolute atomic E-state index is 13.3. The maximum Gasteiger partial charge on any atom is 0.204 e. The van der Waals surface area contributed by atoms with Gasteiger partial charge in [-0.05, 0) is 55.5 Å². The van der Waals surface area contributed by atoms with Crippen molar-refractivity contribution in [3.05, 3.63) is 56.0 Å². The van der Waals surface area contributed by atoms with Crippen LogP contribution in [0.3, 0.4) is 0 Å². The highest BCUT2D eigenvalue weighted by atomic mass is 35.5. The fraction of sp³-hybridized carbons (Fsp3) is 0.312. The third-order valence-electron chi connectivity index (χ3n) is 3.64. The van der Waals surface area contributed by atoms with Gasteiger partial charge in [0.15, 0.2) is 0 Å². The molecule has 1 aliphatic rings. The van der Waals surface area contributed by atoms with E-state index >= 15 is 0 Å². The van der Waals surface area contributed by atoms with Gasteiger partial charge in [0.1, 0.15) is 5.82 Å². The van der Waals surface area contributed by atoms with Crippen LogP contribution in [0.2, 0.25) is 5.02 Å². The quantitative estimate of drug-likeness (QED) is 0.561. The Hall–Kier alpha value is -1.19. The first-order chi connectivity index (χ1) is 9.65. The molecule has 1 aromatic carbocycles. The number of carbonyl (C=O) groups is 1. The number of ketones is 1. The van der Waals surface area contributed by atoms with Crippen LogP contribution in [0.25, 0.3) is 0 Å². The number of thiophene rings is 1. The molecule has 0 aliphatic heterocycles. The van der Waals surface area contributed by atoms with Crippen molar-refractivity contribution in [2.75, 3.05) is 0 Å². The number of rotatable bonds is 2. The molecule has 0 spiro atoms. The van der Waals surface area contributed by atoms with E-state index in [0.717, 1.165) is 12.8 Å². The third kappa shape index (κ3) is 2.65. The molecule has 0 fully saturated rings. The molecule has 0 bridgehead atoms. The van der Waals surface area contributed by atoms with Gasteiger partial charge in [-0.25, -0.2) is 4.39 Å². The van der Waals surface area contributed by atoms with E-state index in [0.29, 0.717) is 9.90 Å². The standard InChI is InChI=1S/C16H14ClFOS/c17-13-7-6-11(18)9-12(13)16(19)15-8-10-4-2-1-3-5-14(10)20-15/h6-9H,1-5H2. The third-order valence-corrected chi connectivity index (χ3v) is 5.21. The van der Waals surface area contributed by atoms with Gasteiger partial charge in [0.05, 0.1) is 9.90 Å². The number of hydrogen-bond donors (Lipinski definition) is 0. The minimum atomic E-state index is -0.434. The van der Waals surface area contributed by atoms with Gasteiger partial charge < -0.3 is 0 Å². The summed E-state index contributed by atoms with van der Waals surface area (Å²) in [6.45, 7) is 0. The zero-order valence-electron chi connectivity index (χ0n) is 10.9. The predicted molar refractivity (Wildman–Crippen MR) is 80.4 cm³/mol. The lowest BCUT2D eigenvalue weighted by atomic mass is 10.1. The Balaban J connectivity index is 1.96. The van der Waals surface area contributed by atoms with E-state index in [-0.39, 0.29) is 11.3 Å². The van der Waals surface area contributed by atoms with Crippen LogP contribution < -0.4 is 0 Å². The van der Waals surface area contributed by atoms with E-state index in [4.69, 9.17) is 11.6 Å². The topological polar surface area (TPSA) is 17.1 Å². The monoisotopic (exact) mass is 308 g/mol. The Bertz CT molecular complexity index is 639. The summed E-state index contributed by atoms with van der Waals surface area (Å²) < 4.78 is 13.3. The Kier molecular flexibility index (Phi) is 3.90. The predicted octanol–water partition coefficient (Wildman–Crippen LogP) is 5.04. The first kappa shape index (κ1) is 13.8. The zero-order valence-corrected chi connectivity index (χ0v) is 12.5. The van der Waals surface area contributed by atoms with E-state index < -0.39 is 5.82 Å². The minimum Gasteiger partial charge on any atom is -0.288 e. The van der Waals surface area contributed by atoms with Crippen molar-refractivity contribution in [3.63, 3.8) is 0 Å². The first-order valence-electron chi connectivity index (χ1n) is 6.76. The summed E-state index contributed by atoms with van der Waals surface area (Å²) in [6.07, 6.45) is 5.69. The lowest BCUT2D eigenvalue weighted by molar-refractivity contribution is 0.104. The SMILES string of the molecule is O=C(c1cc2c(s1)CCCCC2)c1cc(F)ccc1Cl. The number of fused-ring (bicyclic) bond motifs is 1. The largest absolute Gasteiger partial charge is 0.288 e. The van der Waals surface area contributed by atoms with Crippen LogP contribution in [-0.2, 0) is 12.8 Å². The molecule has 104 valence electrons. The highest BCUT2D eigenvalue weighted by Crippen LogP contribution is 2.31. The molecule has 1 heterocycles. The Labute approximate surface area is 126 Å². The summed E-state index contributed by atoms with van der Waals surface area (Å²) in [4.78, 5) is 14.5. The second-order valence-electron chi connectivity index (χ2n) is 5.07. The van der Waals surface area contributed by atoms with Crippen molar-refractivity contribution in [1.82, 2.24) is 0 Å². The Morgan fingerprint density at radius 2 is 1.95 bits per heavy atom. The fourth-order valence-electron chi connectivity index (χ4n) is 2.58. The molecular formula is C16H14ClFOS. The second-order valence-corrected chi connectivity index (χ2v) is 6.62. The van der Waals surface area contributed by atoms with Crippen molar-refractivity contribution in [2.24, 2.45) is 0 Å². The van der Waals surface area contributed by atoms with Crippen LogP contribution in [-0.4, -0.2) is 5.78 Å². The zero-order chi connectivity index (χ0) is 14.1. The molecule has 0 saturated carbocycles. The molecule has 20 heavy (non-hydrogen) atoms. The van der Waals surface area contributed by atoms with Crippen molar-refractivity contribution < 1.29 is 9.18 Å². The van der Waals surface area contributed by atoms with Gasteiger partial charge in [0.25, 0.3) is 0 Å². The summed E-state index contributed by atoms with van der Waals surface area (Å²) in [7, 11) is 0. The van der Waals surface area contributed by atoms with Gasteiger partial charge in [-0.15, -0.1) is 11.3 Å². The van der Waals surface area contributed by atoms with Crippen LogP contribution in [0.4, 0.5) is 4.39 Å². The van der Waals surface area contributed by atoms with Gasteiger partial charge in [-0.3, -0.25) is 4.79 Å². The number of halogens is 2. The van der Waals surface area contributed by atoms with Crippen molar-refractivity contribution in [3.8, 4) is 0 Å². The van der Waals surface area contributed by atoms with Gasteiger partial charge in [0, 0.05) is 10.4 Å². The van der Waals surface area contributed by atoms with Crippen LogP contribution in [0.1, 0.15) is 44.9 Å². The van der Waals surface area contributed by atoms with Crippen LogP contribution in [0.5, 0.6) is 0 Å². The lowest BCUT2D eigenvalue weighted by Gasteiger charge is -2.01. The smallest absolute Gasteiger partial charge is 0.204 e. The second kappa shape index (κ2) is 5.66. The number of aryl methyl sites for hydroxylation is 2. The van der Waals surface area contributed by atoms with Crippen LogP contribution in [0, 0.1) is 5.82 Å². The molecule has 0 atom stereocenters. The van der Waals surface area contributed by atoms with Gasteiger partial charge >= 0.3 is 0 Å². The lowest BCUT2D eigenvalue weighted by Crippen LogP contribution is -2.00. The fourth-order valence-corrected chi connectivity index (χ4v) is 3.99. The summed E-state index contributed by atoms with van der Waals surface area (Å²) in [5, 5.41) is 0.306. The van der Waals surface area contributed by atoms with Crippen molar-refractivity contribution >= 4 is 28.7 Å². The molecule has 3 rings (SSSR count). The summed E-state index contributed by atoms with van der Waals surface area (Å²) in [6, 6.07) is 5.88. The summed E-state index contributed by atoms with van der Waals surface area (Å²) in [5.74, 6) is -0.608. The van der Waals surface area contributed by atoms with Crippen molar-refractivity contribution in [1.29, 1.82) is 0 Å². The molecule has 1 aliphatic carbocycles. The Morgan fingerprint density at radius 3 is 2.80 bits per heavy atom. The van der Waals surface area contributed by atoms with E-state index in [2.05, 4.69) is 0 Å². The van der Waals surface area contributed by atoms with Crippen LogP contribution >= 0.6 is 22.9 Å². The normalized spacial score (nSPS) is 14.7. The van der Waals surface area contributed by atoms with E-state index in [9.17, 15) is 9.18 Å². The summed E-state index contributed by atoms with van der Waals surface area (Å²) in [5.41, 5.74) is 1.53. The highest BCUT2D eigenvalue weighted by Gasteiger charge is 2.19. The first-order valence-corrected chi connectivity index (χ1v) is 7.96. The minimum absolute atomic E-state index is 0.174. The molecule has 0 amide bonds. The van der Waals surface area contributed by atoms with Gasteiger partial charge in [-0.2, -0.15) is 0 Å². The van der Waals surface area contributed by atoms with Gasteiger partial charge in [0.2, 0.25) is 5.78 Å². The Morgan fingerprint density at radius 1 is 1.15 bits per heavy atom. The maximum atomic E-state index is 13.3.